The normalized spacial score (nSPS) is 16.1. The summed E-state index contributed by atoms with van der Waals surface area (Å²) in [6.45, 7) is 0.0422. The van der Waals surface area contributed by atoms with E-state index < -0.39 is 16.1 Å². The van der Waals surface area contributed by atoms with Gasteiger partial charge in [-0.2, -0.15) is 0 Å². The summed E-state index contributed by atoms with van der Waals surface area (Å²) in [7, 11) is -2.29. The molecule has 2 heterocycles. The lowest BCUT2D eigenvalue weighted by molar-refractivity contribution is -0.121. The number of anilines is 1. The van der Waals surface area contributed by atoms with Crippen molar-refractivity contribution in [3.8, 4) is 0 Å². The van der Waals surface area contributed by atoms with E-state index in [0.29, 0.717) is 10.0 Å². The molecule has 2 amide bonds. The molecule has 0 aliphatic carbocycles. The first kappa shape index (κ1) is 20.0. The molecule has 1 aromatic carbocycles. The van der Waals surface area contributed by atoms with E-state index in [1.54, 1.807) is 12.1 Å². The Morgan fingerprint density at radius 3 is 2.30 bits per heavy atom. The number of hydrogen-bond donors (Lipinski definition) is 1. The van der Waals surface area contributed by atoms with Crippen molar-refractivity contribution >= 4 is 50.5 Å². The minimum absolute atomic E-state index is 0.0319. The summed E-state index contributed by atoms with van der Waals surface area (Å²) >= 11 is 7.23. The third-order valence-corrected chi connectivity index (χ3v) is 6.87. The smallest absolute Gasteiger partial charge is 0.240 e. The van der Waals surface area contributed by atoms with E-state index in [4.69, 9.17) is 16.3 Å². The summed E-state index contributed by atoms with van der Waals surface area (Å²) in [5.74, 6) is -0.572. The van der Waals surface area contributed by atoms with Gasteiger partial charge in [-0.25, -0.2) is 13.1 Å². The molecule has 1 atom stereocenters. The number of rotatable bonds is 7. The van der Waals surface area contributed by atoms with Gasteiger partial charge in [-0.3, -0.25) is 14.5 Å². The summed E-state index contributed by atoms with van der Waals surface area (Å²) < 4.78 is 33.5. The highest BCUT2D eigenvalue weighted by Gasteiger charge is 2.30. The number of nitrogens with one attached hydrogen (secondary N) is 1. The van der Waals surface area contributed by atoms with Gasteiger partial charge in [-0.1, -0.05) is 11.6 Å². The fraction of sp³-hybridized carbons (Fsp3) is 0.294. The van der Waals surface area contributed by atoms with Crippen molar-refractivity contribution in [3.63, 3.8) is 0 Å². The second-order valence-electron chi connectivity index (χ2n) is 5.83. The average Bonchev–Trinajstić information content (AvgIpc) is 3.21. The zero-order valence-electron chi connectivity index (χ0n) is 14.3. The molecule has 0 saturated carbocycles. The number of carbonyl (C=O) groups is 2. The Morgan fingerprint density at radius 1 is 1.15 bits per heavy atom. The molecule has 1 N–H and O–H groups in total. The molecule has 1 aromatic heterocycles. The summed E-state index contributed by atoms with van der Waals surface area (Å²) in [6.07, 6.45) is -0.117. The molecule has 1 aliphatic heterocycles. The first-order valence-corrected chi connectivity index (χ1v) is 10.7. The zero-order chi connectivity index (χ0) is 19.6. The topological polar surface area (TPSA) is 92.8 Å². The average molecular weight is 429 g/mol. The third kappa shape index (κ3) is 4.39. The first-order chi connectivity index (χ1) is 12.8. The predicted octanol–water partition coefficient (Wildman–Crippen LogP) is 2.72. The monoisotopic (exact) mass is 428 g/mol. The van der Waals surface area contributed by atoms with Gasteiger partial charge >= 0.3 is 0 Å². The third-order valence-electron chi connectivity index (χ3n) is 4.11. The Hall–Kier alpha value is -1.78. The Balaban J connectivity index is 1.71. The molecule has 2 aromatic rings. The molecular weight excluding hydrogens is 412 g/mol. The quantitative estimate of drug-likeness (QED) is 0.684. The SMILES string of the molecule is COC(CNS(=O)(=O)c1ccc(N2C(=O)CCC2=O)cc1)c1ccc(Cl)s1. The Bertz CT molecular complexity index is 940. The maximum absolute atomic E-state index is 12.5. The van der Waals surface area contributed by atoms with Gasteiger partial charge in [0.05, 0.1) is 14.9 Å². The van der Waals surface area contributed by atoms with E-state index in [1.807, 2.05) is 0 Å². The number of amides is 2. The molecule has 27 heavy (non-hydrogen) atoms. The standard InChI is InChI=1S/C17H17ClN2O5S2/c1-25-13(14-6-7-15(18)26-14)10-19-27(23,24)12-4-2-11(3-5-12)20-16(21)8-9-17(20)22/h2-7,13,19H,8-10H2,1H3. The van der Waals surface area contributed by atoms with Crippen LogP contribution in [0.1, 0.15) is 23.8 Å². The van der Waals surface area contributed by atoms with Crippen LogP contribution < -0.4 is 9.62 Å². The number of benzene rings is 1. The van der Waals surface area contributed by atoms with Gasteiger partial charge in [0.2, 0.25) is 21.8 Å². The van der Waals surface area contributed by atoms with E-state index in [9.17, 15) is 18.0 Å². The van der Waals surface area contributed by atoms with Crippen LogP contribution in [0.4, 0.5) is 5.69 Å². The molecule has 7 nitrogen and oxygen atoms in total. The second-order valence-corrected chi connectivity index (χ2v) is 9.35. The van der Waals surface area contributed by atoms with Gasteiger partial charge in [-0.15, -0.1) is 11.3 Å². The molecule has 1 aliphatic rings. The fourth-order valence-corrected chi connectivity index (χ4v) is 4.88. The number of imide groups is 1. The van der Waals surface area contributed by atoms with Gasteiger partial charge in [0, 0.05) is 31.4 Å². The van der Waals surface area contributed by atoms with Crippen LogP contribution in [0.15, 0.2) is 41.3 Å². The molecule has 144 valence electrons. The van der Waals surface area contributed by atoms with Crippen molar-refractivity contribution in [2.24, 2.45) is 0 Å². The number of nitrogens with zero attached hydrogens (tertiary/aromatic N) is 1. The van der Waals surface area contributed by atoms with Crippen LogP contribution >= 0.6 is 22.9 Å². The van der Waals surface area contributed by atoms with Crippen LogP contribution in [0.5, 0.6) is 0 Å². The molecule has 0 bridgehead atoms. The molecule has 0 radical (unpaired) electrons. The number of thiophene rings is 1. The van der Waals surface area contributed by atoms with Crippen molar-refractivity contribution < 1.29 is 22.7 Å². The lowest BCUT2D eigenvalue weighted by Gasteiger charge is -2.16. The molecule has 1 fully saturated rings. The lowest BCUT2D eigenvalue weighted by Crippen LogP contribution is -2.30. The number of carbonyl (C=O) groups excluding carboxylic acids is 2. The molecular formula is C17H17ClN2O5S2. The highest BCUT2D eigenvalue weighted by atomic mass is 35.5. The van der Waals surface area contributed by atoms with Gasteiger partial charge in [0.1, 0.15) is 6.10 Å². The van der Waals surface area contributed by atoms with E-state index in [0.717, 1.165) is 9.78 Å². The van der Waals surface area contributed by atoms with Crippen molar-refractivity contribution in [2.75, 3.05) is 18.6 Å². The van der Waals surface area contributed by atoms with Gasteiger partial charge in [0.15, 0.2) is 0 Å². The maximum atomic E-state index is 12.5. The highest BCUT2D eigenvalue weighted by molar-refractivity contribution is 7.89. The first-order valence-electron chi connectivity index (χ1n) is 8.05. The number of sulfonamides is 1. The molecule has 1 unspecified atom stereocenters. The van der Waals surface area contributed by atoms with E-state index in [1.165, 1.54) is 42.7 Å². The van der Waals surface area contributed by atoms with Crippen LogP contribution in [-0.2, 0) is 24.3 Å². The molecule has 3 rings (SSSR count). The Morgan fingerprint density at radius 2 is 1.78 bits per heavy atom. The van der Waals surface area contributed by atoms with Crippen LogP contribution in [0.25, 0.3) is 0 Å². The van der Waals surface area contributed by atoms with E-state index in [2.05, 4.69) is 4.72 Å². The largest absolute Gasteiger partial charge is 0.375 e. The number of halogens is 1. The Kier molecular flexibility index (Phi) is 5.97. The second kappa shape index (κ2) is 8.07. The number of methoxy groups -OCH3 is 1. The zero-order valence-corrected chi connectivity index (χ0v) is 16.7. The predicted molar refractivity (Wildman–Crippen MR) is 102 cm³/mol. The van der Waals surface area contributed by atoms with Crippen LogP contribution in [0.3, 0.4) is 0 Å². The van der Waals surface area contributed by atoms with Gasteiger partial charge < -0.3 is 4.74 Å². The molecule has 0 spiro atoms. The van der Waals surface area contributed by atoms with Crippen molar-refractivity contribution in [3.05, 3.63) is 45.6 Å². The summed E-state index contributed by atoms with van der Waals surface area (Å²) in [4.78, 5) is 25.5. The molecule has 1 saturated heterocycles. The van der Waals surface area contributed by atoms with Crippen molar-refractivity contribution in [1.29, 1.82) is 0 Å². The number of ether oxygens (including phenoxy) is 1. The van der Waals surface area contributed by atoms with Gasteiger partial charge in [-0.05, 0) is 36.4 Å². The molecule has 10 heteroatoms. The van der Waals surface area contributed by atoms with E-state index >= 15 is 0 Å². The Labute approximate surface area is 165 Å². The fourth-order valence-electron chi connectivity index (χ4n) is 2.71. The summed E-state index contributed by atoms with van der Waals surface area (Å²) in [6, 6.07) is 9.13. The van der Waals surface area contributed by atoms with Gasteiger partial charge in [0.25, 0.3) is 0 Å². The highest BCUT2D eigenvalue weighted by Crippen LogP contribution is 2.29. The van der Waals surface area contributed by atoms with Crippen LogP contribution in [0, 0.1) is 0 Å². The summed E-state index contributed by atoms with van der Waals surface area (Å²) in [5.41, 5.74) is 0.365. The minimum Gasteiger partial charge on any atom is -0.375 e. The van der Waals surface area contributed by atoms with E-state index in [-0.39, 0.29) is 36.1 Å². The van der Waals surface area contributed by atoms with Crippen LogP contribution in [-0.4, -0.2) is 33.9 Å². The van der Waals surface area contributed by atoms with Crippen LogP contribution in [0.2, 0.25) is 4.34 Å². The van der Waals surface area contributed by atoms with Crippen molar-refractivity contribution in [1.82, 2.24) is 4.72 Å². The maximum Gasteiger partial charge on any atom is 0.240 e. The van der Waals surface area contributed by atoms with Crippen molar-refractivity contribution in [2.45, 2.75) is 23.8 Å². The summed E-state index contributed by atoms with van der Waals surface area (Å²) in [5, 5.41) is 0. The lowest BCUT2D eigenvalue weighted by atomic mass is 10.3. The number of hydrogen-bond acceptors (Lipinski definition) is 6. The minimum atomic E-state index is -3.78.